The van der Waals surface area contributed by atoms with E-state index in [4.69, 9.17) is 0 Å². The smallest absolute Gasteiger partial charge is 0.0624 e. The molecule has 4 heteroatoms. The number of aliphatic hydroxyl groups is 2. The highest BCUT2D eigenvalue weighted by molar-refractivity contribution is 5.35. The average molecular weight is 288 g/mol. The maximum absolute atomic E-state index is 9.98. The van der Waals surface area contributed by atoms with Crippen molar-refractivity contribution < 1.29 is 10.2 Å². The van der Waals surface area contributed by atoms with E-state index in [0.717, 1.165) is 28.9 Å². The van der Waals surface area contributed by atoms with Crippen molar-refractivity contribution in [3.8, 4) is 0 Å². The van der Waals surface area contributed by atoms with Gasteiger partial charge in [-0.05, 0) is 30.5 Å². The Hall–Kier alpha value is -1.65. The Kier molecular flexibility index (Phi) is 4.80. The van der Waals surface area contributed by atoms with Gasteiger partial charge >= 0.3 is 0 Å². The minimum Gasteiger partial charge on any atom is -0.395 e. The van der Waals surface area contributed by atoms with Crippen molar-refractivity contribution in [1.29, 1.82) is 0 Å². The Morgan fingerprint density at radius 2 is 1.86 bits per heavy atom. The van der Waals surface area contributed by atoms with Gasteiger partial charge in [-0.25, -0.2) is 0 Å². The highest BCUT2D eigenvalue weighted by Gasteiger charge is 2.33. The number of benzene rings is 1. The normalized spacial score (nSPS) is 11.9. The van der Waals surface area contributed by atoms with Crippen LogP contribution in [0.1, 0.15) is 29.4 Å². The third-order valence-corrected chi connectivity index (χ3v) is 4.23. The molecule has 2 N–H and O–H groups in total. The van der Waals surface area contributed by atoms with Gasteiger partial charge in [0.15, 0.2) is 0 Å². The molecule has 0 radical (unpaired) electrons. The van der Waals surface area contributed by atoms with E-state index in [1.807, 2.05) is 42.9 Å². The molecule has 1 aromatic carbocycles. The molecular formula is C17H24N2O2. The van der Waals surface area contributed by atoms with Gasteiger partial charge in [-0.1, -0.05) is 31.2 Å². The van der Waals surface area contributed by atoms with Crippen LogP contribution in [0.5, 0.6) is 0 Å². The first-order valence-corrected chi connectivity index (χ1v) is 7.36. The van der Waals surface area contributed by atoms with Crippen LogP contribution in [0.4, 0.5) is 0 Å². The number of hydrogen-bond acceptors (Lipinski definition) is 3. The first-order chi connectivity index (χ1) is 10.1. The Morgan fingerprint density at radius 1 is 1.19 bits per heavy atom. The summed E-state index contributed by atoms with van der Waals surface area (Å²) in [4.78, 5) is 0. The Labute approximate surface area is 126 Å². The lowest BCUT2D eigenvalue weighted by atomic mass is 9.76. The van der Waals surface area contributed by atoms with Crippen LogP contribution in [-0.4, -0.2) is 33.2 Å². The van der Waals surface area contributed by atoms with Gasteiger partial charge in [0.05, 0.1) is 18.9 Å². The third-order valence-electron chi connectivity index (χ3n) is 4.23. The van der Waals surface area contributed by atoms with Gasteiger partial charge in [0, 0.05) is 24.6 Å². The second-order valence-electron chi connectivity index (χ2n) is 5.69. The van der Waals surface area contributed by atoms with Crippen molar-refractivity contribution in [2.75, 3.05) is 13.2 Å². The van der Waals surface area contributed by atoms with E-state index in [2.05, 4.69) is 18.1 Å². The van der Waals surface area contributed by atoms with Gasteiger partial charge in [-0.15, -0.1) is 0 Å². The summed E-state index contributed by atoms with van der Waals surface area (Å²) in [6.07, 6.45) is 1.44. The second kappa shape index (κ2) is 6.41. The summed E-state index contributed by atoms with van der Waals surface area (Å²) in [5, 5.41) is 24.4. The lowest BCUT2D eigenvalue weighted by molar-refractivity contribution is 0.114. The zero-order chi connectivity index (χ0) is 15.5. The molecule has 0 saturated heterocycles. The molecule has 0 spiro atoms. The van der Waals surface area contributed by atoms with E-state index < -0.39 is 5.41 Å². The number of rotatable bonds is 6. The Bertz CT molecular complexity index is 601. The monoisotopic (exact) mass is 288 g/mol. The molecule has 2 rings (SSSR count). The molecule has 0 bridgehead atoms. The van der Waals surface area contributed by atoms with Crippen LogP contribution in [-0.2, 0) is 25.3 Å². The molecule has 0 fully saturated rings. The number of nitrogens with zero attached hydrogens (tertiary/aromatic N) is 2. The molecule has 114 valence electrons. The van der Waals surface area contributed by atoms with E-state index in [0.29, 0.717) is 6.42 Å². The van der Waals surface area contributed by atoms with Crippen LogP contribution in [0.2, 0.25) is 0 Å². The number of aromatic nitrogens is 2. The highest BCUT2D eigenvalue weighted by Crippen LogP contribution is 2.30. The molecule has 0 aliphatic rings. The van der Waals surface area contributed by atoms with E-state index in [-0.39, 0.29) is 13.2 Å². The number of hydrogen-bond donors (Lipinski definition) is 2. The number of aryl methyl sites for hydroxylation is 3. The average Bonchev–Trinajstić information content (AvgIpc) is 2.86. The quantitative estimate of drug-likeness (QED) is 0.851. The van der Waals surface area contributed by atoms with E-state index >= 15 is 0 Å². The summed E-state index contributed by atoms with van der Waals surface area (Å²) in [6.45, 7) is 3.89. The molecule has 0 amide bonds. The molecule has 0 unspecified atom stereocenters. The van der Waals surface area contributed by atoms with Gasteiger partial charge < -0.3 is 10.2 Å². The second-order valence-corrected chi connectivity index (χ2v) is 5.69. The first-order valence-electron chi connectivity index (χ1n) is 7.36. The van der Waals surface area contributed by atoms with Gasteiger partial charge in [-0.2, -0.15) is 5.10 Å². The maximum atomic E-state index is 9.98. The highest BCUT2D eigenvalue weighted by atomic mass is 16.3. The van der Waals surface area contributed by atoms with Crippen LogP contribution in [0, 0.1) is 6.92 Å². The van der Waals surface area contributed by atoms with E-state index in [1.54, 1.807) is 0 Å². The van der Waals surface area contributed by atoms with Gasteiger partial charge in [-0.3, -0.25) is 4.68 Å². The van der Waals surface area contributed by atoms with Crippen LogP contribution in [0.25, 0.3) is 0 Å². The molecule has 4 nitrogen and oxygen atoms in total. The fourth-order valence-electron chi connectivity index (χ4n) is 2.85. The third kappa shape index (κ3) is 3.01. The van der Waals surface area contributed by atoms with Crippen LogP contribution < -0.4 is 0 Å². The lowest BCUT2D eigenvalue weighted by Crippen LogP contribution is -2.38. The molecular weight excluding hydrogens is 264 g/mol. The largest absolute Gasteiger partial charge is 0.395 e. The minimum atomic E-state index is -0.676. The lowest BCUT2D eigenvalue weighted by Gasteiger charge is -2.31. The molecule has 1 aromatic heterocycles. The molecule has 21 heavy (non-hydrogen) atoms. The predicted molar refractivity (Wildman–Crippen MR) is 83.3 cm³/mol. The zero-order valence-electron chi connectivity index (χ0n) is 13.0. The topological polar surface area (TPSA) is 58.3 Å². The predicted octanol–water partition coefficient (Wildman–Crippen LogP) is 1.76. The van der Waals surface area contributed by atoms with Gasteiger partial charge in [0.25, 0.3) is 0 Å². The summed E-state index contributed by atoms with van der Waals surface area (Å²) in [6, 6.07) is 9.97. The van der Waals surface area contributed by atoms with Gasteiger partial charge in [0.2, 0.25) is 0 Å². The van der Waals surface area contributed by atoms with Crippen molar-refractivity contribution in [3.63, 3.8) is 0 Å². The summed E-state index contributed by atoms with van der Waals surface area (Å²) < 4.78 is 1.84. The van der Waals surface area contributed by atoms with Crippen molar-refractivity contribution in [1.82, 2.24) is 9.78 Å². The van der Waals surface area contributed by atoms with Crippen LogP contribution in [0.3, 0.4) is 0 Å². The fourth-order valence-corrected chi connectivity index (χ4v) is 2.85. The standard InChI is InChI=1S/C17H24N2O2/c1-4-14-9-15(19(3)18-14)10-17(11-20,12-21)16-8-6-5-7-13(16)2/h5-9,20-21H,4,10-12H2,1-3H3. The van der Waals surface area contributed by atoms with Crippen LogP contribution in [0.15, 0.2) is 30.3 Å². The molecule has 0 saturated carbocycles. The summed E-state index contributed by atoms with van der Waals surface area (Å²) in [5.74, 6) is 0. The molecule has 0 aliphatic heterocycles. The fraction of sp³-hybridized carbons (Fsp3) is 0.471. The zero-order valence-corrected chi connectivity index (χ0v) is 13.0. The van der Waals surface area contributed by atoms with Crippen molar-refractivity contribution in [2.24, 2.45) is 7.05 Å². The molecule has 0 atom stereocenters. The van der Waals surface area contributed by atoms with Crippen molar-refractivity contribution >= 4 is 0 Å². The summed E-state index contributed by atoms with van der Waals surface area (Å²) in [7, 11) is 1.91. The SMILES string of the molecule is CCc1cc(CC(CO)(CO)c2ccccc2C)n(C)n1. The summed E-state index contributed by atoms with van der Waals surface area (Å²) in [5.41, 5.74) is 3.46. The Morgan fingerprint density at radius 3 is 2.38 bits per heavy atom. The minimum absolute atomic E-state index is 0.0962. The van der Waals surface area contributed by atoms with Gasteiger partial charge in [0.1, 0.15) is 0 Å². The van der Waals surface area contributed by atoms with Crippen molar-refractivity contribution in [3.05, 3.63) is 52.8 Å². The molecule has 2 aromatic rings. The number of aliphatic hydroxyl groups excluding tert-OH is 2. The molecule has 0 aliphatic carbocycles. The molecule has 1 heterocycles. The maximum Gasteiger partial charge on any atom is 0.0624 e. The summed E-state index contributed by atoms with van der Waals surface area (Å²) >= 11 is 0. The van der Waals surface area contributed by atoms with Crippen molar-refractivity contribution in [2.45, 2.75) is 32.1 Å². The van der Waals surface area contributed by atoms with E-state index in [1.165, 1.54) is 0 Å². The van der Waals surface area contributed by atoms with Crippen LogP contribution >= 0.6 is 0 Å². The Balaban J connectivity index is 2.43. The first kappa shape index (κ1) is 15.7. The van der Waals surface area contributed by atoms with E-state index in [9.17, 15) is 10.2 Å².